The molecule has 4 N–H and O–H groups in total. The minimum atomic E-state index is -0.604. The first-order valence-corrected chi connectivity index (χ1v) is 20.7. The van der Waals surface area contributed by atoms with Crippen molar-refractivity contribution in [3.63, 3.8) is 0 Å². The standard InChI is InChI=1S/C44H52N2O6S2/c1-5-9-21-49-29-13-15-37(51-23-11-7-3)35(25-29)41-19-17-39(53-41)31-27-34(44(46)48)32(28-33(31)43(45)47)40-18-20-42(54-40)36-26-30(50-22-10-6-2)14-16-38(36)52-24-12-8-4/h13-20,25-28H,5-12,21-24H2,1-4H3,(H2,45,47)(H2,46,48). The summed E-state index contributed by atoms with van der Waals surface area (Å²) in [5, 5.41) is 0. The maximum absolute atomic E-state index is 13.1. The number of thiophene rings is 2. The van der Waals surface area contributed by atoms with Crippen molar-refractivity contribution in [3.05, 3.63) is 83.9 Å². The minimum absolute atomic E-state index is 0.296. The summed E-state index contributed by atoms with van der Waals surface area (Å²) in [7, 11) is 0. The lowest BCUT2D eigenvalue weighted by Gasteiger charge is -2.14. The molecule has 286 valence electrons. The third kappa shape index (κ3) is 10.2. The van der Waals surface area contributed by atoms with Gasteiger partial charge < -0.3 is 30.4 Å². The molecule has 0 saturated heterocycles. The van der Waals surface area contributed by atoms with Crippen LogP contribution in [0.2, 0.25) is 0 Å². The van der Waals surface area contributed by atoms with Crippen LogP contribution in [0.5, 0.6) is 23.0 Å². The van der Waals surface area contributed by atoms with Gasteiger partial charge in [0.15, 0.2) is 0 Å². The van der Waals surface area contributed by atoms with Crippen LogP contribution in [-0.2, 0) is 0 Å². The zero-order chi connectivity index (χ0) is 38.5. The van der Waals surface area contributed by atoms with Crippen LogP contribution in [0, 0.1) is 0 Å². The average molecular weight is 769 g/mol. The fourth-order valence-corrected chi connectivity index (χ4v) is 7.94. The fraction of sp³-hybridized carbons (Fsp3) is 0.364. The SMILES string of the molecule is CCCCOc1ccc(OCCCC)c(-c2ccc(-c3cc(C(N)=O)c(-c4ccc(-c5cc(OCCCC)ccc5OCCCC)s4)cc3C(N)=O)s2)c1. The Morgan fingerprint density at radius 2 is 0.796 bits per heavy atom. The number of carbonyl (C=O) groups is 2. The van der Waals surface area contributed by atoms with Crippen LogP contribution in [-0.4, -0.2) is 38.2 Å². The smallest absolute Gasteiger partial charge is 0.249 e. The highest BCUT2D eigenvalue weighted by molar-refractivity contribution is 7.19. The lowest BCUT2D eigenvalue weighted by molar-refractivity contribution is 0.0989. The van der Waals surface area contributed by atoms with Gasteiger partial charge in [-0.25, -0.2) is 0 Å². The minimum Gasteiger partial charge on any atom is -0.494 e. The number of rotatable bonds is 22. The number of hydrogen-bond donors (Lipinski definition) is 2. The van der Waals surface area contributed by atoms with Crippen molar-refractivity contribution >= 4 is 34.5 Å². The molecule has 5 aromatic rings. The van der Waals surface area contributed by atoms with Gasteiger partial charge >= 0.3 is 0 Å². The van der Waals surface area contributed by atoms with Gasteiger partial charge in [0.05, 0.1) is 26.4 Å². The summed E-state index contributed by atoms with van der Waals surface area (Å²) < 4.78 is 24.5. The van der Waals surface area contributed by atoms with E-state index in [1.807, 2.05) is 60.7 Å². The topological polar surface area (TPSA) is 123 Å². The van der Waals surface area contributed by atoms with Gasteiger partial charge in [0.25, 0.3) is 0 Å². The molecule has 8 nitrogen and oxygen atoms in total. The Morgan fingerprint density at radius 1 is 0.463 bits per heavy atom. The Kier molecular flexibility index (Phi) is 15.0. The highest BCUT2D eigenvalue weighted by Gasteiger charge is 2.23. The van der Waals surface area contributed by atoms with Crippen LogP contribution in [0.4, 0.5) is 0 Å². The molecule has 0 saturated carbocycles. The Morgan fingerprint density at radius 3 is 1.13 bits per heavy atom. The lowest BCUT2D eigenvalue weighted by atomic mass is 9.95. The van der Waals surface area contributed by atoms with Crippen LogP contribution in [0.1, 0.15) is 99.8 Å². The summed E-state index contributed by atoms with van der Waals surface area (Å²) in [6, 6.07) is 23.0. The second kappa shape index (κ2) is 20.0. The number of primary amides is 2. The molecule has 10 heteroatoms. The number of nitrogens with two attached hydrogens (primary N) is 2. The molecule has 0 spiro atoms. The molecule has 0 aliphatic heterocycles. The van der Waals surface area contributed by atoms with Crippen molar-refractivity contribution in [2.75, 3.05) is 26.4 Å². The van der Waals surface area contributed by atoms with E-state index in [4.69, 9.17) is 30.4 Å². The third-order valence-corrected chi connectivity index (χ3v) is 11.2. The molecular weight excluding hydrogens is 717 g/mol. The van der Waals surface area contributed by atoms with Crippen molar-refractivity contribution in [3.8, 4) is 64.8 Å². The van der Waals surface area contributed by atoms with E-state index in [0.29, 0.717) is 48.7 Å². The Bertz CT molecular complexity index is 1870. The van der Waals surface area contributed by atoms with Crippen molar-refractivity contribution < 1.29 is 28.5 Å². The average Bonchev–Trinajstić information content (AvgIpc) is 3.87. The van der Waals surface area contributed by atoms with Crippen molar-refractivity contribution in [2.24, 2.45) is 11.5 Å². The number of ether oxygens (including phenoxy) is 4. The molecular formula is C44H52N2O6S2. The quantitative estimate of drug-likeness (QED) is 0.0676. The van der Waals surface area contributed by atoms with Crippen LogP contribution in [0.15, 0.2) is 72.8 Å². The molecule has 5 rings (SSSR count). The Balaban J connectivity index is 1.54. The van der Waals surface area contributed by atoms with Gasteiger partial charge in [0.1, 0.15) is 23.0 Å². The maximum atomic E-state index is 13.1. The predicted molar refractivity (Wildman–Crippen MR) is 223 cm³/mol. The summed E-state index contributed by atoms with van der Waals surface area (Å²) >= 11 is 2.97. The molecule has 0 fully saturated rings. The summed E-state index contributed by atoms with van der Waals surface area (Å²) in [6.07, 6.45) is 7.92. The largest absolute Gasteiger partial charge is 0.494 e. The summed E-state index contributed by atoms with van der Waals surface area (Å²) in [6.45, 7) is 11.0. The van der Waals surface area contributed by atoms with E-state index in [1.165, 1.54) is 22.7 Å². The first kappa shape index (κ1) is 40.4. The maximum Gasteiger partial charge on any atom is 0.249 e. The molecule has 0 atom stereocenters. The van der Waals surface area contributed by atoms with Gasteiger partial charge in [-0.15, -0.1) is 22.7 Å². The van der Waals surface area contributed by atoms with Gasteiger partial charge in [-0.2, -0.15) is 0 Å². The summed E-state index contributed by atoms with van der Waals surface area (Å²) in [5.41, 5.74) is 15.5. The number of hydrogen-bond acceptors (Lipinski definition) is 8. The monoisotopic (exact) mass is 768 g/mol. The molecule has 0 aliphatic rings. The molecule has 2 aromatic heterocycles. The second-order valence-corrected chi connectivity index (χ2v) is 15.3. The van der Waals surface area contributed by atoms with Gasteiger partial charge in [-0.3, -0.25) is 9.59 Å². The highest BCUT2D eigenvalue weighted by atomic mass is 32.1. The first-order valence-electron chi connectivity index (χ1n) is 19.1. The second-order valence-electron chi connectivity index (χ2n) is 13.1. The summed E-state index contributed by atoms with van der Waals surface area (Å²) in [4.78, 5) is 29.6. The third-order valence-electron chi connectivity index (χ3n) is 8.91. The van der Waals surface area contributed by atoms with E-state index in [9.17, 15) is 9.59 Å². The zero-order valence-electron chi connectivity index (χ0n) is 31.8. The molecule has 2 heterocycles. The highest BCUT2D eigenvalue weighted by Crippen LogP contribution is 2.45. The summed E-state index contributed by atoms with van der Waals surface area (Å²) in [5.74, 6) is 1.84. The van der Waals surface area contributed by atoms with E-state index in [2.05, 4.69) is 27.7 Å². The normalized spacial score (nSPS) is 11.0. The lowest BCUT2D eigenvalue weighted by Crippen LogP contribution is -2.16. The van der Waals surface area contributed by atoms with Gasteiger partial charge in [-0.1, -0.05) is 53.4 Å². The van der Waals surface area contributed by atoms with Gasteiger partial charge in [0.2, 0.25) is 11.8 Å². The van der Waals surface area contributed by atoms with Crippen LogP contribution >= 0.6 is 22.7 Å². The Labute approximate surface area is 327 Å². The number of benzene rings is 3. The van der Waals surface area contributed by atoms with Crippen LogP contribution < -0.4 is 30.4 Å². The molecule has 0 radical (unpaired) electrons. The molecule has 0 bridgehead atoms. The number of amides is 2. The molecule has 2 amide bonds. The van der Waals surface area contributed by atoms with Crippen molar-refractivity contribution in [2.45, 2.75) is 79.1 Å². The fourth-order valence-electron chi connectivity index (χ4n) is 5.83. The molecule has 0 aliphatic carbocycles. The van der Waals surface area contributed by atoms with Crippen molar-refractivity contribution in [1.82, 2.24) is 0 Å². The van der Waals surface area contributed by atoms with E-state index in [-0.39, 0.29) is 0 Å². The van der Waals surface area contributed by atoms with E-state index in [1.54, 1.807) is 12.1 Å². The molecule has 0 unspecified atom stereocenters. The first-order chi connectivity index (χ1) is 26.3. The number of unbranched alkanes of at least 4 members (excludes halogenated alkanes) is 4. The van der Waals surface area contributed by atoms with Crippen molar-refractivity contribution in [1.29, 1.82) is 0 Å². The molecule has 3 aromatic carbocycles. The van der Waals surface area contributed by atoms with Gasteiger partial charge in [-0.05, 0) is 98.5 Å². The Hall–Kier alpha value is -4.80. The van der Waals surface area contributed by atoms with E-state index >= 15 is 0 Å². The van der Waals surface area contributed by atoms with Gasteiger partial charge in [0, 0.05) is 52.9 Å². The van der Waals surface area contributed by atoms with E-state index < -0.39 is 11.8 Å². The van der Waals surface area contributed by atoms with E-state index in [0.717, 1.165) is 105 Å². The number of carbonyl (C=O) groups excluding carboxylic acids is 2. The predicted octanol–water partition coefficient (Wildman–Crippen LogP) is 11.4. The molecule has 54 heavy (non-hydrogen) atoms. The van der Waals surface area contributed by atoms with Crippen LogP contribution in [0.3, 0.4) is 0 Å². The zero-order valence-corrected chi connectivity index (χ0v) is 33.5. The van der Waals surface area contributed by atoms with Crippen LogP contribution in [0.25, 0.3) is 41.8 Å².